The van der Waals surface area contributed by atoms with Crippen molar-refractivity contribution < 1.29 is 9.13 Å². The first-order valence-corrected chi connectivity index (χ1v) is 11.5. The Labute approximate surface area is 198 Å². The Morgan fingerprint density at radius 1 is 1.00 bits per heavy atom. The fourth-order valence-electron chi connectivity index (χ4n) is 4.51. The van der Waals surface area contributed by atoms with Gasteiger partial charge in [-0.05, 0) is 63.6 Å². The van der Waals surface area contributed by atoms with Crippen molar-refractivity contribution in [3.8, 4) is 22.8 Å². The first kappa shape index (κ1) is 22.3. The molecule has 2 aromatic carbocycles. The molecule has 2 aromatic heterocycles. The SMILES string of the molecule is CC(C)(C)N1CC[C@@H](n2nc(-c3ccc(Oc4ccccc4)cc3)c3c(N)ncnc32)[C@@H](F)C1. The molecule has 176 valence electrons. The molecule has 0 bridgehead atoms. The summed E-state index contributed by atoms with van der Waals surface area (Å²) in [6.45, 7) is 7.48. The number of anilines is 1. The van der Waals surface area contributed by atoms with Crippen LogP contribution in [0.2, 0.25) is 0 Å². The van der Waals surface area contributed by atoms with Gasteiger partial charge in [0.25, 0.3) is 0 Å². The molecular weight excluding hydrogens is 431 g/mol. The van der Waals surface area contributed by atoms with E-state index in [0.29, 0.717) is 41.3 Å². The number of rotatable bonds is 4. The van der Waals surface area contributed by atoms with Crippen LogP contribution in [0.5, 0.6) is 11.5 Å². The first-order valence-electron chi connectivity index (χ1n) is 11.5. The molecule has 2 N–H and O–H groups in total. The fraction of sp³-hybridized carbons (Fsp3) is 0.346. The summed E-state index contributed by atoms with van der Waals surface area (Å²) in [6.07, 6.45) is 0.984. The smallest absolute Gasteiger partial charge is 0.164 e. The number of aromatic nitrogens is 4. The van der Waals surface area contributed by atoms with E-state index in [2.05, 4.69) is 35.6 Å². The number of piperidine rings is 1. The van der Waals surface area contributed by atoms with Gasteiger partial charge in [-0.25, -0.2) is 19.0 Å². The van der Waals surface area contributed by atoms with Crippen LogP contribution in [-0.2, 0) is 0 Å². The Balaban J connectivity index is 1.48. The van der Waals surface area contributed by atoms with Crippen molar-refractivity contribution in [2.45, 2.75) is 44.9 Å². The highest BCUT2D eigenvalue weighted by atomic mass is 19.1. The third kappa shape index (κ3) is 4.21. The van der Waals surface area contributed by atoms with E-state index < -0.39 is 12.2 Å². The number of fused-ring (bicyclic) bond motifs is 1. The van der Waals surface area contributed by atoms with E-state index in [4.69, 9.17) is 15.6 Å². The van der Waals surface area contributed by atoms with Gasteiger partial charge in [-0.3, -0.25) is 4.90 Å². The Hall–Kier alpha value is -3.52. The van der Waals surface area contributed by atoms with Gasteiger partial charge in [-0.2, -0.15) is 5.10 Å². The van der Waals surface area contributed by atoms with Crippen LogP contribution in [0.15, 0.2) is 60.9 Å². The van der Waals surface area contributed by atoms with E-state index >= 15 is 4.39 Å². The van der Waals surface area contributed by atoms with Gasteiger partial charge in [0.2, 0.25) is 0 Å². The molecule has 8 heteroatoms. The van der Waals surface area contributed by atoms with Crippen molar-refractivity contribution in [1.82, 2.24) is 24.6 Å². The molecule has 4 aromatic rings. The van der Waals surface area contributed by atoms with E-state index in [1.54, 1.807) is 4.68 Å². The van der Waals surface area contributed by atoms with Crippen LogP contribution >= 0.6 is 0 Å². The molecule has 0 aliphatic carbocycles. The molecule has 34 heavy (non-hydrogen) atoms. The summed E-state index contributed by atoms with van der Waals surface area (Å²) in [5.41, 5.74) is 8.21. The molecular formula is C26H29FN6O. The lowest BCUT2D eigenvalue weighted by atomic mass is 9.97. The Morgan fingerprint density at radius 2 is 1.71 bits per heavy atom. The van der Waals surface area contributed by atoms with Gasteiger partial charge in [0.15, 0.2) is 5.65 Å². The highest BCUT2D eigenvalue weighted by Gasteiger charge is 2.37. The van der Waals surface area contributed by atoms with E-state index in [-0.39, 0.29) is 5.54 Å². The van der Waals surface area contributed by atoms with Crippen LogP contribution in [0.3, 0.4) is 0 Å². The van der Waals surface area contributed by atoms with E-state index in [1.807, 2.05) is 54.6 Å². The molecule has 7 nitrogen and oxygen atoms in total. The first-order chi connectivity index (χ1) is 16.3. The number of ether oxygens (including phenoxy) is 1. The second-order valence-electron chi connectivity index (χ2n) is 9.68. The summed E-state index contributed by atoms with van der Waals surface area (Å²) in [4.78, 5) is 10.8. The number of nitrogens with two attached hydrogens (primary N) is 1. The normalized spacial score (nSPS) is 19.4. The molecule has 0 radical (unpaired) electrons. The van der Waals surface area contributed by atoms with Crippen molar-refractivity contribution in [1.29, 1.82) is 0 Å². The van der Waals surface area contributed by atoms with Crippen molar-refractivity contribution in [3.05, 3.63) is 60.9 Å². The van der Waals surface area contributed by atoms with E-state index in [0.717, 1.165) is 17.9 Å². The zero-order valence-electron chi connectivity index (χ0n) is 19.6. The lowest BCUT2D eigenvalue weighted by Gasteiger charge is -2.42. The van der Waals surface area contributed by atoms with Gasteiger partial charge in [0.05, 0.1) is 11.4 Å². The number of nitrogens with zero attached hydrogens (tertiary/aromatic N) is 5. The monoisotopic (exact) mass is 460 g/mol. The van der Waals surface area contributed by atoms with Gasteiger partial charge in [0.1, 0.15) is 35.5 Å². The third-order valence-corrected chi connectivity index (χ3v) is 6.39. The maximum atomic E-state index is 15.4. The summed E-state index contributed by atoms with van der Waals surface area (Å²) in [6, 6.07) is 16.8. The van der Waals surface area contributed by atoms with Crippen LogP contribution in [0, 0.1) is 0 Å². The lowest BCUT2D eigenvalue weighted by molar-refractivity contribution is 0.0299. The Bertz CT molecular complexity index is 1280. The van der Waals surface area contributed by atoms with Crippen LogP contribution in [0.4, 0.5) is 10.2 Å². The number of alkyl halides is 1. The van der Waals surface area contributed by atoms with E-state index in [9.17, 15) is 0 Å². The van der Waals surface area contributed by atoms with Crippen LogP contribution in [0.25, 0.3) is 22.3 Å². The number of hydrogen-bond acceptors (Lipinski definition) is 6. The number of nitrogen functional groups attached to an aromatic ring is 1. The molecule has 3 heterocycles. The molecule has 1 aliphatic heterocycles. The zero-order valence-corrected chi connectivity index (χ0v) is 19.6. The average Bonchev–Trinajstić information content (AvgIpc) is 3.20. The summed E-state index contributed by atoms with van der Waals surface area (Å²) in [5, 5.41) is 5.47. The fourth-order valence-corrected chi connectivity index (χ4v) is 4.51. The zero-order chi connectivity index (χ0) is 23.9. The molecule has 1 saturated heterocycles. The second-order valence-corrected chi connectivity index (χ2v) is 9.68. The second kappa shape index (κ2) is 8.68. The number of benzene rings is 2. The number of hydrogen-bond donors (Lipinski definition) is 1. The lowest BCUT2D eigenvalue weighted by Crippen LogP contribution is -2.51. The van der Waals surface area contributed by atoms with Crippen molar-refractivity contribution in [2.75, 3.05) is 18.8 Å². The van der Waals surface area contributed by atoms with Crippen molar-refractivity contribution in [3.63, 3.8) is 0 Å². The minimum absolute atomic E-state index is 0.0805. The van der Waals surface area contributed by atoms with Gasteiger partial charge in [-0.15, -0.1) is 0 Å². The highest BCUT2D eigenvalue weighted by Crippen LogP contribution is 2.36. The molecule has 0 unspecified atom stereocenters. The molecule has 0 amide bonds. The number of halogens is 1. The number of likely N-dealkylation sites (tertiary alicyclic amines) is 1. The maximum Gasteiger partial charge on any atom is 0.164 e. The molecule has 5 rings (SSSR count). The summed E-state index contributed by atoms with van der Waals surface area (Å²) in [5.74, 6) is 1.80. The molecule has 1 fully saturated rings. The maximum absolute atomic E-state index is 15.4. The van der Waals surface area contributed by atoms with Gasteiger partial charge >= 0.3 is 0 Å². The summed E-state index contributed by atoms with van der Waals surface area (Å²) in [7, 11) is 0. The molecule has 0 spiro atoms. The Morgan fingerprint density at radius 3 is 2.38 bits per heavy atom. The van der Waals surface area contributed by atoms with Crippen LogP contribution in [0.1, 0.15) is 33.2 Å². The molecule has 2 atom stereocenters. The predicted molar refractivity (Wildman–Crippen MR) is 132 cm³/mol. The summed E-state index contributed by atoms with van der Waals surface area (Å²) < 4.78 is 23.0. The van der Waals surface area contributed by atoms with Crippen LogP contribution < -0.4 is 10.5 Å². The summed E-state index contributed by atoms with van der Waals surface area (Å²) >= 11 is 0. The Kier molecular flexibility index (Phi) is 5.69. The highest BCUT2D eigenvalue weighted by molar-refractivity contribution is 5.98. The standard InChI is InChI=1S/C26H29FN6O/c1-26(2,3)32-14-13-21(20(27)15-32)33-25-22(24(28)29-16-30-25)23(31-33)17-9-11-19(12-10-17)34-18-7-5-4-6-8-18/h4-12,16,20-21H,13-15H2,1-3H3,(H2,28,29,30)/t20-,21+/m0/s1. The van der Waals surface area contributed by atoms with Crippen molar-refractivity contribution >= 4 is 16.9 Å². The van der Waals surface area contributed by atoms with Gasteiger partial charge < -0.3 is 10.5 Å². The van der Waals surface area contributed by atoms with Crippen LogP contribution in [-0.4, -0.2) is 49.4 Å². The topological polar surface area (TPSA) is 82.1 Å². The predicted octanol–water partition coefficient (Wildman–Crippen LogP) is 5.25. The minimum Gasteiger partial charge on any atom is -0.457 e. The molecule has 0 saturated carbocycles. The quantitative estimate of drug-likeness (QED) is 0.448. The van der Waals surface area contributed by atoms with Gasteiger partial charge in [0, 0.05) is 24.2 Å². The van der Waals surface area contributed by atoms with Gasteiger partial charge in [-0.1, -0.05) is 18.2 Å². The third-order valence-electron chi connectivity index (χ3n) is 6.39. The largest absolute Gasteiger partial charge is 0.457 e. The van der Waals surface area contributed by atoms with Crippen molar-refractivity contribution in [2.24, 2.45) is 0 Å². The van der Waals surface area contributed by atoms with E-state index in [1.165, 1.54) is 6.33 Å². The number of para-hydroxylation sites is 1. The minimum atomic E-state index is -1.07. The average molecular weight is 461 g/mol. The molecule has 1 aliphatic rings.